The van der Waals surface area contributed by atoms with E-state index >= 15 is 0 Å². The molecule has 7 nitrogen and oxygen atoms in total. The van der Waals surface area contributed by atoms with E-state index in [0.717, 1.165) is 5.56 Å². The molecular weight excluding hydrogens is 366 g/mol. The minimum Gasteiger partial charge on any atom is -0.497 e. The van der Waals surface area contributed by atoms with Crippen molar-refractivity contribution in [1.29, 1.82) is 0 Å². The number of hydrazone groups is 1. The second-order valence-electron chi connectivity index (χ2n) is 5.26. The maximum Gasteiger partial charge on any atom is 0.343 e. The molecule has 0 spiro atoms. The predicted molar refractivity (Wildman–Crippen MR) is 108 cm³/mol. The van der Waals surface area contributed by atoms with Crippen LogP contribution in [0.2, 0.25) is 0 Å². The lowest BCUT2D eigenvalue weighted by atomic mass is 10.2. The standard InChI is InChI=1S/C19H21N3O4S/c1-4-20-19(27)22-21-12-13-5-10-16(17(11-13)25-3)26-18(23)14-6-8-15(24-2)9-7-14/h5-12H,4H2,1-3H3,(H2,20,22,27)/b21-12-. The summed E-state index contributed by atoms with van der Waals surface area (Å²) in [5.74, 6) is 0.895. The van der Waals surface area contributed by atoms with Gasteiger partial charge in [0.1, 0.15) is 5.75 Å². The number of rotatable bonds is 7. The normalized spacial score (nSPS) is 10.3. The molecule has 0 saturated carbocycles. The molecule has 0 amide bonds. The average Bonchev–Trinajstić information content (AvgIpc) is 2.69. The number of carbonyl (C=O) groups excluding carboxylic acids is 1. The highest BCUT2D eigenvalue weighted by Crippen LogP contribution is 2.28. The van der Waals surface area contributed by atoms with Gasteiger partial charge in [-0.3, -0.25) is 5.43 Å². The number of ether oxygens (including phenoxy) is 3. The molecule has 0 saturated heterocycles. The molecule has 2 N–H and O–H groups in total. The second kappa shape index (κ2) is 10.1. The van der Waals surface area contributed by atoms with Crippen molar-refractivity contribution in [2.45, 2.75) is 6.92 Å². The summed E-state index contributed by atoms with van der Waals surface area (Å²) in [6, 6.07) is 11.8. The molecule has 2 aromatic rings. The first-order valence-electron chi connectivity index (χ1n) is 8.18. The summed E-state index contributed by atoms with van der Waals surface area (Å²) in [6.07, 6.45) is 1.58. The molecule has 0 bridgehead atoms. The molecule has 142 valence electrons. The molecule has 27 heavy (non-hydrogen) atoms. The van der Waals surface area contributed by atoms with Gasteiger partial charge in [0.2, 0.25) is 0 Å². The SMILES string of the molecule is CCNC(=S)N/N=C\c1ccc(OC(=O)c2ccc(OC)cc2)c(OC)c1. The third kappa shape index (κ3) is 5.96. The Labute approximate surface area is 163 Å². The highest BCUT2D eigenvalue weighted by atomic mass is 32.1. The molecular formula is C19H21N3O4S. The Morgan fingerprint density at radius 3 is 2.48 bits per heavy atom. The largest absolute Gasteiger partial charge is 0.497 e. The van der Waals surface area contributed by atoms with Crippen LogP contribution in [0.4, 0.5) is 0 Å². The van der Waals surface area contributed by atoms with E-state index < -0.39 is 5.97 Å². The Balaban J connectivity index is 2.07. The number of esters is 1. The molecule has 0 atom stereocenters. The van der Waals surface area contributed by atoms with Crippen LogP contribution in [0, 0.1) is 0 Å². The van der Waals surface area contributed by atoms with E-state index in [1.54, 1.807) is 55.8 Å². The van der Waals surface area contributed by atoms with Crippen LogP contribution in [0.5, 0.6) is 17.2 Å². The van der Waals surface area contributed by atoms with Gasteiger partial charge in [-0.05, 0) is 67.2 Å². The van der Waals surface area contributed by atoms with Gasteiger partial charge < -0.3 is 19.5 Å². The highest BCUT2D eigenvalue weighted by Gasteiger charge is 2.13. The number of thiocarbonyl (C=S) groups is 1. The van der Waals surface area contributed by atoms with Crippen LogP contribution in [0.1, 0.15) is 22.8 Å². The number of benzene rings is 2. The molecule has 2 rings (SSSR count). The smallest absolute Gasteiger partial charge is 0.343 e. The minimum absolute atomic E-state index is 0.312. The number of hydrogen-bond donors (Lipinski definition) is 2. The molecule has 2 aromatic carbocycles. The Morgan fingerprint density at radius 1 is 1.11 bits per heavy atom. The van der Waals surface area contributed by atoms with Gasteiger partial charge in [-0.1, -0.05) is 0 Å². The highest BCUT2D eigenvalue weighted by molar-refractivity contribution is 7.80. The van der Waals surface area contributed by atoms with Gasteiger partial charge in [-0.15, -0.1) is 0 Å². The summed E-state index contributed by atoms with van der Waals surface area (Å²) < 4.78 is 15.8. The van der Waals surface area contributed by atoms with Crippen molar-refractivity contribution in [3.05, 3.63) is 53.6 Å². The zero-order valence-electron chi connectivity index (χ0n) is 15.3. The van der Waals surface area contributed by atoms with Crippen LogP contribution in [0.3, 0.4) is 0 Å². The van der Waals surface area contributed by atoms with Gasteiger partial charge in [-0.25, -0.2) is 4.79 Å². The van der Waals surface area contributed by atoms with Crippen molar-refractivity contribution in [2.24, 2.45) is 5.10 Å². The second-order valence-corrected chi connectivity index (χ2v) is 5.67. The maximum absolute atomic E-state index is 12.3. The topological polar surface area (TPSA) is 81.2 Å². The van der Waals surface area contributed by atoms with Crippen LogP contribution in [-0.4, -0.2) is 38.1 Å². The van der Waals surface area contributed by atoms with E-state index in [-0.39, 0.29) is 0 Å². The maximum atomic E-state index is 12.3. The lowest BCUT2D eigenvalue weighted by molar-refractivity contribution is 0.0729. The van der Waals surface area contributed by atoms with Crippen molar-refractivity contribution in [3.8, 4) is 17.2 Å². The van der Waals surface area contributed by atoms with Crippen LogP contribution in [0.15, 0.2) is 47.6 Å². The summed E-state index contributed by atoms with van der Waals surface area (Å²) in [5.41, 5.74) is 3.86. The van der Waals surface area contributed by atoms with Gasteiger partial charge in [0, 0.05) is 6.54 Å². The first-order valence-corrected chi connectivity index (χ1v) is 8.59. The average molecular weight is 387 g/mol. The van der Waals surface area contributed by atoms with Gasteiger partial charge in [0.05, 0.1) is 26.0 Å². The van der Waals surface area contributed by atoms with Crippen molar-refractivity contribution < 1.29 is 19.0 Å². The lowest BCUT2D eigenvalue weighted by Gasteiger charge is -2.10. The summed E-state index contributed by atoms with van der Waals surface area (Å²) in [4.78, 5) is 12.3. The van der Waals surface area contributed by atoms with E-state index in [4.69, 9.17) is 26.4 Å². The summed E-state index contributed by atoms with van der Waals surface area (Å²) >= 11 is 5.02. The first kappa shape index (κ1) is 20.2. The van der Waals surface area contributed by atoms with Gasteiger partial charge in [0.25, 0.3) is 0 Å². The summed E-state index contributed by atoms with van der Waals surface area (Å²) in [5, 5.41) is 7.40. The van der Waals surface area contributed by atoms with Crippen LogP contribution >= 0.6 is 12.2 Å². The molecule has 0 heterocycles. The van der Waals surface area contributed by atoms with Gasteiger partial charge in [-0.2, -0.15) is 5.10 Å². The first-order chi connectivity index (χ1) is 13.1. The van der Waals surface area contributed by atoms with Gasteiger partial charge >= 0.3 is 5.97 Å². The molecule has 0 unspecified atom stereocenters. The van der Waals surface area contributed by atoms with Crippen molar-refractivity contribution in [3.63, 3.8) is 0 Å². The van der Waals surface area contributed by atoms with Crippen molar-refractivity contribution >= 4 is 29.5 Å². The Bertz CT molecular complexity index is 822. The summed E-state index contributed by atoms with van der Waals surface area (Å²) in [6.45, 7) is 2.65. The number of carbonyl (C=O) groups is 1. The number of nitrogens with one attached hydrogen (secondary N) is 2. The van der Waals surface area contributed by atoms with Crippen LogP contribution in [0.25, 0.3) is 0 Å². The number of nitrogens with zero attached hydrogens (tertiary/aromatic N) is 1. The van der Waals surface area contributed by atoms with Crippen molar-refractivity contribution in [1.82, 2.24) is 10.7 Å². The quantitative estimate of drug-likeness (QED) is 0.249. The zero-order valence-corrected chi connectivity index (χ0v) is 16.1. The van der Waals surface area contributed by atoms with E-state index in [2.05, 4.69) is 15.8 Å². The molecule has 0 aliphatic heterocycles. The monoisotopic (exact) mass is 387 g/mol. The fraction of sp³-hybridized carbons (Fsp3) is 0.211. The van der Waals surface area contributed by atoms with Crippen LogP contribution in [-0.2, 0) is 0 Å². The number of hydrogen-bond acceptors (Lipinski definition) is 6. The van der Waals surface area contributed by atoms with E-state index in [1.807, 2.05) is 6.92 Å². The Morgan fingerprint density at radius 2 is 1.85 bits per heavy atom. The molecule has 0 aliphatic carbocycles. The fourth-order valence-electron chi connectivity index (χ4n) is 2.10. The third-order valence-electron chi connectivity index (χ3n) is 3.43. The molecule has 0 aliphatic rings. The van der Waals surface area contributed by atoms with E-state index in [0.29, 0.717) is 34.5 Å². The minimum atomic E-state index is -0.491. The zero-order chi connectivity index (χ0) is 19.6. The summed E-state index contributed by atoms with van der Waals surface area (Å²) in [7, 11) is 3.06. The Hall–Kier alpha value is -3.13. The Kier molecular flexibility index (Phi) is 7.57. The molecule has 0 radical (unpaired) electrons. The fourth-order valence-corrected chi connectivity index (χ4v) is 2.30. The molecule has 0 aromatic heterocycles. The molecule has 0 fully saturated rings. The predicted octanol–water partition coefficient (Wildman–Crippen LogP) is 2.74. The van der Waals surface area contributed by atoms with E-state index in [9.17, 15) is 4.79 Å². The van der Waals surface area contributed by atoms with Crippen molar-refractivity contribution in [2.75, 3.05) is 20.8 Å². The lowest BCUT2D eigenvalue weighted by Crippen LogP contribution is -2.31. The van der Waals surface area contributed by atoms with E-state index in [1.165, 1.54) is 7.11 Å². The van der Waals surface area contributed by atoms with Gasteiger partial charge in [0.15, 0.2) is 16.6 Å². The third-order valence-corrected chi connectivity index (χ3v) is 3.67. The molecule has 8 heteroatoms. The number of methoxy groups -OCH3 is 2. The van der Waals surface area contributed by atoms with Crippen LogP contribution < -0.4 is 25.0 Å².